The molecule has 176 valence electrons. The van der Waals surface area contributed by atoms with E-state index in [4.69, 9.17) is 5.73 Å². The molecule has 0 radical (unpaired) electrons. The van der Waals surface area contributed by atoms with E-state index < -0.39 is 6.04 Å². The standard InChI is InChI=1S/C26H22N6O2.ClH/c27-23(16-9-14-5-1-2-6-15(14)10-16)26(34)30-17-11-18-22-19(13-29-32-25(18)33)24(31-21(22)12-17)20-7-3-4-8-28-20;/h1-8,11-13,16,23,31H,9-10,27H2,(H,30,34)(H,32,33);1H/t23-;/m1./s1. The summed E-state index contributed by atoms with van der Waals surface area (Å²) in [6.45, 7) is 0. The Kier molecular flexibility index (Phi) is 5.84. The number of H-pyrrole nitrogens is 1. The van der Waals surface area contributed by atoms with Gasteiger partial charge < -0.3 is 16.0 Å². The second-order valence-electron chi connectivity index (χ2n) is 8.73. The van der Waals surface area contributed by atoms with Crippen LogP contribution in [0.25, 0.3) is 22.3 Å². The summed E-state index contributed by atoms with van der Waals surface area (Å²) in [6, 6.07) is 16.6. The summed E-state index contributed by atoms with van der Waals surface area (Å²) in [6.07, 6.45) is 4.88. The molecule has 2 aliphatic rings. The normalized spacial score (nSPS) is 15.2. The molecule has 9 heteroatoms. The van der Waals surface area contributed by atoms with Crippen LogP contribution in [0.4, 0.5) is 5.69 Å². The molecule has 0 saturated heterocycles. The lowest BCUT2D eigenvalue weighted by atomic mass is 9.96. The fourth-order valence-corrected chi connectivity index (χ4v) is 4.95. The molecule has 3 heterocycles. The van der Waals surface area contributed by atoms with E-state index in [2.05, 4.69) is 37.9 Å². The van der Waals surface area contributed by atoms with Gasteiger partial charge in [-0.25, -0.2) is 5.43 Å². The SMILES string of the molecule is Cl.N[C@@H](C(=O)Nc1cc2c3c(c(-c4ccccn4)[nH]c3c1)C=NNC2=O)C1Cc2ccccc2C1. The first kappa shape index (κ1) is 22.8. The first-order valence-corrected chi connectivity index (χ1v) is 11.2. The van der Waals surface area contributed by atoms with E-state index in [0.717, 1.165) is 35.2 Å². The molecular formula is C26H23ClN6O2. The molecule has 0 unspecified atom stereocenters. The Morgan fingerprint density at radius 1 is 1.09 bits per heavy atom. The number of rotatable bonds is 4. The summed E-state index contributed by atoms with van der Waals surface area (Å²) >= 11 is 0. The number of halogens is 1. The summed E-state index contributed by atoms with van der Waals surface area (Å²) < 4.78 is 0. The van der Waals surface area contributed by atoms with Crippen molar-refractivity contribution in [2.24, 2.45) is 16.8 Å². The van der Waals surface area contributed by atoms with Gasteiger partial charge in [0, 0.05) is 28.4 Å². The molecule has 1 aliphatic carbocycles. The number of anilines is 1. The van der Waals surface area contributed by atoms with Crippen LogP contribution in [0.15, 0.2) is 65.9 Å². The van der Waals surface area contributed by atoms with Crippen molar-refractivity contribution in [2.75, 3.05) is 5.32 Å². The van der Waals surface area contributed by atoms with Crippen molar-refractivity contribution in [3.63, 3.8) is 0 Å². The number of pyridine rings is 1. The van der Waals surface area contributed by atoms with Crippen LogP contribution in [0.3, 0.4) is 0 Å². The van der Waals surface area contributed by atoms with Gasteiger partial charge in [-0.1, -0.05) is 30.3 Å². The van der Waals surface area contributed by atoms with Gasteiger partial charge in [0.05, 0.1) is 29.2 Å². The number of benzene rings is 2. The average molecular weight is 487 g/mol. The lowest BCUT2D eigenvalue weighted by Gasteiger charge is -2.18. The maximum absolute atomic E-state index is 13.1. The van der Waals surface area contributed by atoms with E-state index in [1.807, 2.05) is 36.4 Å². The molecule has 6 rings (SSSR count). The fraction of sp³-hybridized carbons (Fsp3) is 0.154. The van der Waals surface area contributed by atoms with Gasteiger partial charge in [-0.3, -0.25) is 14.6 Å². The number of carbonyl (C=O) groups excluding carboxylic acids is 2. The first-order chi connectivity index (χ1) is 16.6. The maximum Gasteiger partial charge on any atom is 0.272 e. The van der Waals surface area contributed by atoms with Crippen molar-refractivity contribution < 1.29 is 9.59 Å². The van der Waals surface area contributed by atoms with E-state index >= 15 is 0 Å². The Morgan fingerprint density at radius 3 is 2.54 bits per heavy atom. The van der Waals surface area contributed by atoms with E-state index in [-0.39, 0.29) is 30.1 Å². The minimum Gasteiger partial charge on any atom is -0.353 e. The Morgan fingerprint density at radius 2 is 1.83 bits per heavy atom. The zero-order chi connectivity index (χ0) is 23.2. The van der Waals surface area contributed by atoms with Crippen LogP contribution in [-0.2, 0) is 17.6 Å². The van der Waals surface area contributed by atoms with Gasteiger partial charge in [-0.15, -0.1) is 12.4 Å². The number of fused-ring (bicyclic) bond motifs is 1. The number of nitrogens with two attached hydrogens (primary N) is 1. The van der Waals surface area contributed by atoms with Crippen LogP contribution in [0.5, 0.6) is 0 Å². The Hall–Kier alpha value is -4.01. The second kappa shape index (κ2) is 8.98. The van der Waals surface area contributed by atoms with Crippen LogP contribution >= 0.6 is 12.4 Å². The van der Waals surface area contributed by atoms with Gasteiger partial charge in [0.1, 0.15) is 0 Å². The smallest absolute Gasteiger partial charge is 0.272 e. The molecule has 2 aromatic heterocycles. The largest absolute Gasteiger partial charge is 0.353 e. The number of aromatic nitrogens is 2. The molecule has 2 aromatic carbocycles. The highest BCUT2D eigenvalue weighted by molar-refractivity contribution is 6.18. The highest BCUT2D eigenvalue weighted by atomic mass is 35.5. The van der Waals surface area contributed by atoms with Gasteiger partial charge >= 0.3 is 0 Å². The highest BCUT2D eigenvalue weighted by Crippen LogP contribution is 2.34. The Bertz CT molecular complexity index is 1460. The van der Waals surface area contributed by atoms with Gasteiger partial charge in [0.15, 0.2) is 0 Å². The zero-order valence-electron chi connectivity index (χ0n) is 18.6. The van der Waals surface area contributed by atoms with E-state index in [0.29, 0.717) is 16.8 Å². The Labute approximate surface area is 207 Å². The summed E-state index contributed by atoms with van der Waals surface area (Å²) in [5.41, 5.74) is 15.3. The van der Waals surface area contributed by atoms with Crippen molar-refractivity contribution in [1.82, 2.24) is 15.4 Å². The summed E-state index contributed by atoms with van der Waals surface area (Å²) in [7, 11) is 0. The fourth-order valence-electron chi connectivity index (χ4n) is 4.95. The second-order valence-corrected chi connectivity index (χ2v) is 8.73. The van der Waals surface area contributed by atoms with Crippen LogP contribution < -0.4 is 16.5 Å². The molecule has 1 atom stereocenters. The zero-order valence-corrected chi connectivity index (χ0v) is 19.4. The third-order valence-corrected chi connectivity index (χ3v) is 6.62. The molecule has 5 N–H and O–H groups in total. The monoisotopic (exact) mass is 486 g/mol. The van der Waals surface area contributed by atoms with Crippen molar-refractivity contribution in [2.45, 2.75) is 18.9 Å². The molecular weight excluding hydrogens is 464 g/mol. The number of nitrogens with one attached hydrogen (secondary N) is 3. The molecule has 4 aromatic rings. The van der Waals surface area contributed by atoms with Crippen molar-refractivity contribution in [1.29, 1.82) is 0 Å². The molecule has 2 amide bonds. The first-order valence-electron chi connectivity index (χ1n) is 11.2. The topological polar surface area (TPSA) is 125 Å². The maximum atomic E-state index is 13.1. The van der Waals surface area contributed by atoms with Crippen LogP contribution in [0.1, 0.15) is 27.0 Å². The van der Waals surface area contributed by atoms with Crippen molar-refractivity contribution in [3.05, 3.63) is 83.0 Å². The number of hydrogen-bond acceptors (Lipinski definition) is 5. The molecule has 8 nitrogen and oxygen atoms in total. The van der Waals surface area contributed by atoms with Gasteiger partial charge in [0.2, 0.25) is 5.91 Å². The van der Waals surface area contributed by atoms with Gasteiger partial charge in [-0.2, -0.15) is 5.10 Å². The predicted molar refractivity (Wildman–Crippen MR) is 138 cm³/mol. The molecule has 0 fully saturated rings. The van der Waals surface area contributed by atoms with Crippen molar-refractivity contribution >= 4 is 47.0 Å². The molecule has 1 aliphatic heterocycles. The minimum atomic E-state index is -0.664. The average Bonchev–Trinajstić information content (AvgIpc) is 3.40. The molecule has 0 saturated carbocycles. The quantitative estimate of drug-likeness (QED) is 0.352. The lowest BCUT2D eigenvalue weighted by Crippen LogP contribution is -2.42. The number of hydrogen-bond donors (Lipinski definition) is 4. The number of aromatic amines is 1. The highest BCUT2D eigenvalue weighted by Gasteiger charge is 2.31. The third kappa shape index (κ3) is 3.96. The predicted octanol–water partition coefficient (Wildman–Crippen LogP) is 3.41. The van der Waals surface area contributed by atoms with E-state index in [1.165, 1.54) is 11.1 Å². The molecule has 0 bridgehead atoms. The summed E-state index contributed by atoms with van der Waals surface area (Å²) in [5.74, 6) is -0.586. The number of hydrazone groups is 1. The van der Waals surface area contributed by atoms with E-state index in [9.17, 15) is 9.59 Å². The summed E-state index contributed by atoms with van der Waals surface area (Å²) in [5, 5.41) is 7.72. The van der Waals surface area contributed by atoms with Crippen LogP contribution in [-0.4, -0.2) is 34.0 Å². The summed E-state index contributed by atoms with van der Waals surface area (Å²) in [4.78, 5) is 33.6. The van der Waals surface area contributed by atoms with Crippen molar-refractivity contribution in [3.8, 4) is 11.4 Å². The lowest BCUT2D eigenvalue weighted by molar-refractivity contribution is -0.118. The van der Waals surface area contributed by atoms with Gasteiger partial charge in [-0.05, 0) is 54.2 Å². The number of nitrogens with zero attached hydrogens (tertiary/aromatic N) is 2. The Balaban J connectivity index is 0.00000253. The molecule has 0 spiro atoms. The van der Waals surface area contributed by atoms with Gasteiger partial charge in [0.25, 0.3) is 5.91 Å². The minimum absolute atomic E-state index is 0. The molecule has 35 heavy (non-hydrogen) atoms. The van der Waals surface area contributed by atoms with Crippen LogP contribution in [0, 0.1) is 5.92 Å². The van der Waals surface area contributed by atoms with E-state index in [1.54, 1.807) is 18.5 Å². The van der Waals surface area contributed by atoms with Crippen LogP contribution in [0.2, 0.25) is 0 Å². The number of carbonyl (C=O) groups is 2. The number of amides is 2. The third-order valence-electron chi connectivity index (χ3n) is 6.62.